The standard InChI is InChI=1S/C17H17N3OS/c1-12-17-14(21-11-13-6-3-2-4-7-13)8-5-9-20(17)16(19-12)10-15(18)22/h2-9H,10-11H2,1H3,(H2,18,22). The molecule has 3 rings (SSSR count). The minimum atomic E-state index is 0.433. The maximum Gasteiger partial charge on any atom is 0.145 e. The van der Waals surface area contributed by atoms with Crippen LogP contribution in [-0.4, -0.2) is 14.4 Å². The first-order valence-electron chi connectivity index (χ1n) is 7.06. The van der Waals surface area contributed by atoms with Gasteiger partial charge < -0.3 is 10.5 Å². The minimum absolute atomic E-state index is 0.433. The van der Waals surface area contributed by atoms with Crippen molar-refractivity contribution in [2.75, 3.05) is 0 Å². The molecule has 0 unspecified atom stereocenters. The molecule has 2 aromatic heterocycles. The van der Waals surface area contributed by atoms with Gasteiger partial charge >= 0.3 is 0 Å². The topological polar surface area (TPSA) is 52.5 Å². The predicted octanol–water partition coefficient (Wildman–Crippen LogP) is 3.05. The Bertz CT molecular complexity index is 811. The van der Waals surface area contributed by atoms with Crippen LogP contribution in [0.3, 0.4) is 0 Å². The first-order valence-corrected chi connectivity index (χ1v) is 7.47. The van der Waals surface area contributed by atoms with Gasteiger partial charge in [-0.1, -0.05) is 42.5 Å². The van der Waals surface area contributed by atoms with Crippen LogP contribution in [0.25, 0.3) is 5.52 Å². The summed E-state index contributed by atoms with van der Waals surface area (Å²) >= 11 is 4.99. The van der Waals surface area contributed by atoms with Crippen LogP contribution in [0.15, 0.2) is 48.7 Å². The molecule has 5 heteroatoms. The van der Waals surface area contributed by atoms with Crippen LogP contribution in [0.5, 0.6) is 5.75 Å². The fourth-order valence-corrected chi connectivity index (χ4v) is 2.62. The SMILES string of the molecule is Cc1nc(CC(N)=S)n2cccc(OCc3ccccc3)c12. The van der Waals surface area contributed by atoms with Crippen LogP contribution in [0.2, 0.25) is 0 Å². The van der Waals surface area contributed by atoms with Crippen molar-refractivity contribution < 1.29 is 4.74 Å². The van der Waals surface area contributed by atoms with E-state index in [0.717, 1.165) is 28.3 Å². The second-order valence-electron chi connectivity index (χ2n) is 5.12. The van der Waals surface area contributed by atoms with Crippen LogP contribution < -0.4 is 10.5 Å². The Morgan fingerprint density at radius 3 is 2.73 bits per heavy atom. The molecule has 0 bridgehead atoms. The summed E-state index contributed by atoms with van der Waals surface area (Å²) in [6.45, 7) is 2.49. The van der Waals surface area contributed by atoms with Gasteiger partial charge in [-0.05, 0) is 24.6 Å². The van der Waals surface area contributed by atoms with Crippen molar-refractivity contribution in [3.63, 3.8) is 0 Å². The van der Waals surface area contributed by atoms with Crippen LogP contribution in [0, 0.1) is 6.92 Å². The number of nitrogens with two attached hydrogens (primary N) is 1. The summed E-state index contributed by atoms with van der Waals surface area (Å²) in [6.07, 6.45) is 2.44. The fraction of sp³-hybridized carbons (Fsp3) is 0.176. The van der Waals surface area contributed by atoms with Gasteiger partial charge in [0, 0.05) is 6.20 Å². The summed E-state index contributed by atoms with van der Waals surface area (Å²) < 4.78 is 7.97. The van der Waals surface area contributed by atoms with Crippen molar-refractivity contribution in [2.24, 2.45) is 5.73 Å². The summed E-state index contributed by atoms with van der Waals surface area (Å²) in [5, 5.41) is 0. The monoisotopic (exact) mass is 311 g/mol. The van der Waals surface area contributed by atoms with Crippen molar-refractivity contribution in [3.05, 3.63) is 65.7 Å². The van der Waals surface area contributed by atoms with Gasteiger partial charge in [0.25, 0.3) is 0 Å². The van der Waals surface area contributed by atoms with Gasteiger partial charge in [0.2, 0.25) is 0 Å². The van der Waals surface area contributed by atoms with Crippen LogP contribution in [0.1, 0.15) is 17.1 Å². The van der Waals surface area contributed by atoms with E-state index in [1.54, 1.807) is 0 Å². The number of nitrogens with zero attached hydrogens (tertiary/aromatic N) is 2. The summed E-state index contributed by atoms with van der Waals surface area (Å²) in [5.41, 5.74) is 8.65. The summed E-state index contributed by atoms with van der Waals surface area (Å²) in [6, 6.07) is 14.0. The Balaban J connectivity index is 1.93. The van der Waals surface area contributed by atoms with Crippen LogP contribution in [-0.2, 0) is 13.0 Å². The summed E-state index contributed by atoms with van der Waals surface area (Å²) in [7, 11) is 0. The third kappa shape index (κ3) is 2.94. The number of hydrogen-bond acceptors (Lipinski definition) is 3. The predicted molar refractivity (Wildman–Crippen MR) is 91.2 cm³/mol. The Hall–Kier alpha value is -2.40. The molecule has 0 saturated heterocycles. The summed E-state index contributed by atoms with van der Waals surface area (Å²) in [5.74, 6) is 1.65. The smallest absolute Gasteiger partial charge is 0.145 e. The Morgan fingerprint density at radius 2 is 2.00 bits per heavy atom. The number of imidazole rings is 1. The lowest BCUT2D eigenvalue weighted by atomic mass is 10.2. The molecule has 4 nitrogen and oxygen atoms in total. The molecule has 0 aliphatic rings. The van der Waals surface area contributed by atoms with E-state index in [-0.39, 0.29) is 0 Å². The van der Waals surface area contributed by atoms with E-state index >= 15 is 0 Å². The number of fused-ring (bicyclic) bond motifs is 1. The third-order valence-corrected chi connectivity index (χ3v) is 3.59. The molecule has 1 aromatic carbocycles. The van der Waals surface area contributed by atoms with E-state index in [9.17, 15) is 0 Å². The van der Waals surface area contributed by atoms with Gasteiger partial charge in [-0.2, -0.15) is 0 Å². The molecule has 0 spiro atoms. The van der Waals surface area contributed by atoms with Gasteiger partial charge in [-0.3, -0.25) is 4.40 Å². The van der Waals surface area contributed by atoms with Crippen molar-refractivity contribution in [1.29, 1.82) is 0 Å². The number of ether oxygens (including phenoxy) is 1. The highest BCUT2D eigenvalue weighted by Gasteiger charge is 2.13. The zero-order valence-corrected chi connectivity index (χ0v) is 13.1. The van der Waals surface area contributed by atoms with Gasteiger partial charge in [0.05, 0.1) is 17.1 Å². The highest BCUT2D eigenvalue weighted by Crippen LogP contribution is 2.25. The largest absolute Gasteiger partial charge is 0.487 e. The van der Waals surface area contributed by atoms with Gasteiger partial charge in [-0.15, -0.1) is 0 Å². The molecule has 0 fully saturated rings. The van der Waals surface area contributed by atoms with Gasteiger partial charge in [0.15, 0.2) is 0 Å². The molecule has 0 radical (unpaired) electrons. The number of aryl methyl sites for hydroxylation is 1. The Labute approximate surface area is 134 Å². The molecule has 0 aliphatic heterocycles. The van der Waals surface area contributed by atoms with Crippen molar-refractivity contribution in [3.8, 4) is 5.75 Å². The van der Waals surface area contributed by atoms with E-state index in [2.05, 4.69) is 4.98 Å². The molecule has 3 aromatic rings. The molecule has 2 heterocycles. The zero-order chi connectivity index (χ0) is 15.5. The van der Waals surface area contributed by atoms with E-state index in [1.807, 2.05) is 60.0 Å². The number of hydrogen-bond donors (Lipinski definition) is 1. The lowest BCUT2D eigenvalue weighted by Crippen LogP contribution is -2.13. The molecule has 2 N–H and O–H groups in total. The Kier molecular flexibility index (Phi) is 4.06. The maximum atomic E-state index is 5.98. The van der Waals surface area contributed by atoms with Crippen molar-refractivity contribution in [1.82, 2.24) is 9.38 Å². The minimum Gasteiger partial charge on any atom is -0.487 e. The highest BCUT2D eigenvalue weighted by atomic mass is 32.1. The van der Waals surface area contributed by atoms with E-state index < -0.39 is 0 Å². The van der Waals surface area contributed by atoms with Crippen molar-refractivity contribution >= 4 is 22.7 Å². The molecular weight excluding hydrogens is 294 g/mol. The maximum absolute atomic E-state index is 5.98. The van der Waals surface area contributed by atoms with Crippen molar-refractivity contribution in [2.45, 2.75) is 20.0 Å². The zero-order valence-electron chi connectivity index (χ0n) is 12.3. The quantitative estimate of drug-likeness (QED) is 0.736. The first-order chi connectivity index (χ1) is 10.6. The van der Waals surface area contributed by atoms with E-state index in [4.69, 9.17) is 22.7 Å². The number of aromatic nitrogens is 2. The van der Waals surface area contributed by atoms with E-state index in [0.29, 0.717) is 18.0 Å². The molecule has 0 atom stereocenters. The first kappa shape index (κ1) is 14.5. The number of pyridine rings is 1. The molecule has 22 heavy (non-hydrogen) atoms. The van der Waals surface area contributed by atoms with E-state index in [1.165, 1.54) is 0 Å². The number of benzene rings is 1. The highest BCUT2D eigenvalue weighted by molar-refractivity contribution is 7.80. The van der Waals surface area contributed by atoms with Gasteiger partial charge in [-0.25, -0.2) is 4.98 Å². The second kappa shape index (κ2) is 6.15. The molecule has 112 valence electrons. The molecular formula is C17H17N3OS. The molecule has 0 amide bonds. The number of rotatable bonds is 5. The third-order valence-electron chi connectivity index (χ3n) is 3.44. The second-order valence-corrected chi connectivity index (χ2v) is 5.65. The lowest BCUT2D eigenvalue weighted by molar-refractivity contribution is 0.308. The lowest BCUT2D eigenvalue weighted by Gasteiger charge is -2.09. The normalized spacial score (nSPS) is 10.8. The average Bonchev–Trinajstić information content (AvgIpc) is 2.82. The summed E-state index contributed by atoms with van der Waals surface area (Å²) in [4.78, 5) is 4.99. The fourth-order valence-electron chi connectivity index (χ4n) is 2.49. The van der Waals surface area contributed by atoms with Crippen LogP contribution in [0.4, 0.5) is 0 Å². The molecule has 0 aliphatic carbocycles. The van der Waals surface area contributed by atoms with Crippen LogP contribution >= 0.6 is 12.2 Å². The molecule has 0 saturated carbocycles. The number of thiocarbonyl (C=S) groups is 1. The Morgan fingerprint density at radius 1 is 1.23 bits per heavy atom. The average molecular weight is 311 g/mol. The van der Waals surface area contributed by atoms with Gasteiger partial charge in [0.1, 0.15) is 23.7 Å².